The smallest absolute Gasteiger partial charge is 0.255 e. The van der Waals surface area contributed by atoms with Crippen LogP contribution in [-0.2, 0) is 6.54 Å². The van der Waals surface area contributed by atoms with E-state index in [4.69, 9.17) is 0 Å². The van der Waals surface area contributed by atoms with E-state index in [1.807, 2.05) is 61.5 Å². The zero-order valence-corrected chi connectivity index (χ0v) is 20.7. The molecule has 3 aromatic carbocycles. The highest BCUT2D eigenvalue weighted by atomic mass is 16.2. The Hall–Kier alpha value is -3.84. The van der Waals surface area contributed by atoms with Gasteiger partial charge in [0.1, 0.15) is 0 Å². The van der Waals surface area contributed by atoms with Crippen LogP contribution < -0.4 is 21.3 Å². The van der Waals surface area contributed by atoms with Gasteiger partial charge < -0.3 is 26.2 Å². The quantitative estimate of drug-likeness (QED) is 0.317. The van der Waals surface area contributed by atoms with Crippen molar-refractivity contribution < 1.29 is 9.59 Å². The molecule has 2 amide bonds. The summed E-state index contributed by atoms with van der Waals surface area (Å²) in [7, 11) is 0. The van der Waals surface area contributed by atoms with Crippen LogP contribution in [0.15, 0.2) is 60.7 Å². The number of carbonyl (C=O) groups excluding carboxylic acids is 2. The van der Waals surface area contributed by atoms with E-state index in [9.17, 15) is 9.59 Å². The molecule has 0 bridgehead atoms. The van der Waals surface area contributed by atoms with Gasteiger partial charge in [-0.15, -0.1) is 0 Å². The minimum Gasteiger partial charge on any atom is -0.385 e. The molecule has 1 fully saturated rings. The van der Waals surface area contributed by atoms with Crippen molar-refractivity contribution in [2.75, 3.05) is 42.1 Å². The summed E-state index contributed by atoms with van der Waals surface area (Å²) < 4.78 is 0. The first-order chi connectivity index (χ1) is 17.6. The van der Waals surface area contributed by atoms with E-state index in [2.05, 4.69) is 26.2 Å². The van der Waals surface area contributed by atoms with Crippen LogP contribution in [0, 0.1) is 6.92 Å². The second-order valence-corrected chi connectivity index (χ2v) is 9.50. The number of anilines is 4. The summed E-state index contributed by atoms with van der Waals surface area (Å²) in [5, 5.41) is 12.7. The van der Waals surface area contributed by atoms with E-state index >= 15 is 0 Å². The second kappa shape index (κ2) is 10.8. The summed E-state index contributed by atoms with van der Waals surface area (Å²) in [6, 6.07) is 19.2. The number of para-hydroxylation sites is 1. The fraction of sp³-hybridized carbons (Fsp3) is 0.310. The summed E-state index contributed by atoms with van der Waals surface area (Å²) in [5.74, 6) is -0.417. The lowest BCUT2D eigenvalue weighted by atomic mass is 10.0. The maximum absolute atomic E-state index is 13.0. The van der Waals surface area contributed by atoms with Crippen LogP contribution >= 0.6 is 0 Å². The van der Waals surface area contributed by atoms with Crippen LogP contribution in [0.5, 0.6) is 0 Å². The molecule has 5 rings (SSSR count). The topological polar surface area (TPSA) is 85.5 Å². The number of aryl methyl sites for hydroxylation is 1. The Kier molecular flexibility index (Phi) is 7.18. The molecule has 2 aliphatic heterocycles. The minimum absolute atomic E-state index is 0.179. The van der Waals surface area contributed by atoms with E-state index < -0.39 is 0 Å². The Morgan fingerprint density at radius 2 is 1.69 bits per heavy atom. The van der Waals surface area contributed by atoms with E-state index in [0.29, 0.717) is 23.4 Å². The molecule has 3 aromatic rings. The van der Waals surface area contributed by atoms with Crippen molar-refractivity contribution in [2.45, 2.75) is 32.7 Å². The Labute approximate surface area is 212 Å². The number of carbonyl (C=O) groups is 2. The summed E-state index contributed by atoms with van der Waals surface area (Å²) >= 11 is 0. The van der Waals surface area contributed by atoms with E-state index in [-0.39, 0.29) is 11.8 Å². The van der Waals surface area contributed by atoms with Gasteiger partial charge in [0.2, 0.25) is 0 Å². The Bertz CT molecular complexity index is 1250. The molecule has 0 radical (unpaired) electrons. The van der Waals surface area contributed by atoms with Gasteiger partial charge in [-0.05, 0) is 93.8 Å². The van der Waals surface area contributed by atoms with Gasteiger partial charge >= 0.3 is 0 Å². The number of hydrogen-bond donors (Lipinski definition) is 4. The Balaban J connectivity index is 1.23. The molecular formula is C29H33N5O2. The van der Waals surface area contributed by atoms with Gasteiger partial charge in [0.25, 0.3) is 11.8 Å². The van der Waals surface area contributed by atoms with Gasteiger partial charge in [-0.3, -0.25) is 9.59 Å². The van der Waals surface area contributed by atoms with E-state index in [1.54, 1.807) is 6.07 Å². The standard InChI is InChI=1S/C29H33N5O2/c1-20-7-2-3-8-24(20)32-25-13-14-26(27-23(25)19-31-29(27)36)33-28(35)21-9-11-22(12-10-21)30-15-6-18-34-16-4-5-17-34/h2-3,7-14,30,32H,4-6,15-19H2,1H3,(H,31,36)(H,33,35). The monoisotopic (exact) mass is 483 g/mol. The van der Waals surface area contributed by atoms with Gasteiger partial charge in [-0.2, -0.15) is 0 Å². The van der Waals surface area contributed by atoms with Crippen molar-refractivity contribution in [3.05, 3.63) is 82.9 Å². The van der Waals surface area contributed by atoms with Crippen LogP contribution in [0.25, 0.3) is 0 Å². The van der Waals surface area contributed by atoms with Crippen molar-refractivity contribution in [3.8, 4) is 0 Å². The largest absolute Gasteiger partial charge is 0.385 e. The van der Waals surface area contributed by atoms with Gasteiger partial charge in [-0.1, -0.05) is 18.2 Å². The molecular weight excluding hydrogens is 450 g/mol. The van der Waals surface area contributed by atoms with E-state index in [1.165, 1.54) is 25.9 Å². The number of likely N-dealkylation sites (tertiary alicyclic amines) is 1. The zero-order valence-electron chi connectivity index (χ0n) is 20.7. The summed E-state index contributed by atoms with van der Waals surface area (Å²) in [6.45, 7) is 6.94. The highest BCUT2D eigenvalue weighted by Gasteiger charge is 2.26. The normalized spacial score (nSPS) is 14.9. The number of rotatable bonds is 9. The predicted molar refractivity (Wildman–Crippen MR) is 145 cm³/mol. The lowest BCUT2D eigenvalue weighted by Gasteiger charge is -2.16. The van der Waals surface area contributed by atoms with Crippen molar-refractivity contribution in [3.63, 3.8) is 0 Å². The second-order valence-electron chi connectivity index (χ2n) is 9.50. The molecule has 0 aliphatic carbocycles. The molecule has 2 aliphatic rings. The third-order valence-corrected chi connectivity index (χ3v) is 6.95. The SMILES string of the molecule is Cc1ccccc1Nc1ccc(NC(=O)c2ccc(NCCCN3CCCC3)cc2)c2c1CNC2=O. The highest BCUT2D eigenvalue weighted by molar-refractivity contribution is 6.11. The first kappa shape index (κ1) is 23.9. The summed E-state index contributed by atoms with van der Waals surface area (Å²) in [6.07, 6.45) is 3.74. The molecule has 0 spiro atoms. The lowest BCUT2D eigenvalue weighted by molar-refractivity contribution is 0.0966. The molecule has 0 saturated carbocycles. The van der Waals surface area contributed by atoms with Crippen molar-refractivity contribution in [1.82, 2.24) is 10.2 Å². The van der Waals surface area contributed by atoms with Gasteiger partial charge in [-0.25, -0.2) is 0 Å². The molecule has 36 heavy (non-hydrogen) atoms. The first-order valence-corrected chi connectivity index (χ1v) is 12.7. The van der Waals surface area contributed by atoms with Crippen molar-refractivity contribution >= 4 is 34.6 Å². The lowest BCUT2D eigenvalue weighted by Crippen LogP contribution is -2.22. The summed E-state index contributed by atoms with van der Waals surface area (Å²) in [5.41, 5.74) is 6.39. The average molecular weight is 484 g/mol. The van der Waals surface area contributed by atoms with Crippen LogP contribution in [-0.4, -0.2) is 42.9 Å². The molecule has 0 unspecified atom stereocenters. The molecule has 1 saturated heterocycles. The highest BCUT2D eigenvalue weighted by Crippen LogP contribution is 2.33. The molecule has 7 heteroatoms. The third-order valence-electron chi connectivity index (χ3n) is 6.95. The Morgan fingerprint density at radius 3 is 2.47 bits per heavy atom. The summed E-state index contributed by atoms with van der Waals surface area (Å²) in [4.78, 5) is 28.1. The van der Waals surface area contributed by atoms with Gasteiger partial charge in [0.05, 0.1) is 11.3 Å². The number of amides is 2. The molecule has 4 N–H and O–H groups in total. The van der Waals surface area contributed by atoms with E-state index in [0.717, 1.165) is 47.7 Å². The maximum atomic E-state index is 13.0. The molecule has 186 valence electrons. The van der Waals surface area contributed by atoms with Gasteiger partial charge in [0, 0.05) is 41.3 Å². The maximum Gasteiger partial charge on any atom is 0.255 e. The zero-order chi connectivity index (χ0) is 24.9. The number of hydrogen-bond acceptors (Lipinski definition) is 5. The van der Waals surface area contributed by atoms with Gasteiger partial charge in [0.15, 0.2) is 0 Å². The Morgan fingerprint density at radius 1 is 0.944 bits per heavy atom. The molecule has 0 aromatic heterocycles. The van der Waals surface area contributed by atoms with Crippen LogP contribution in [0.4, 0.5) is 22.7 Å². The van der Waals surface area contributed by atoms with Crippen LogP contribution in [0.3, 0.4) is 0 Å². The van der Waals surface area contributed by atoms with Crippen molar-refractivity contribution in [2.24, 2.45) is 0 Å². The number of nitrogens with one attached hydrogen (secondary N) is 4. The number of fused-ring (bicyclic) bond motifs is 1. The average Bonchev–Trinajstić information content (AvgIpc) is 3.55. The minimum atomic E-state index is -0.239. The third kappa shape index (κ3) is 5.36. The van der Waals surface area contributed by atoms with Crippen LogP contribution in [0.2, 0.25) is 0 Å². The molecule has 0 atom stereocenters. The fourth-order valence-electron chi connectivity index (χ4n) is 4.90. The number of nitrogens with zero attached hydrogens (tertiary/aromatic N) is 1. The van der Waals surface area contributed by atoms with Crippen molar-refractivity contribution in [1.29, 1.82) is 0 Å². The fourth-order valence-corrected chi connectivity index (χ4v) is 4.90. The predicted octanol–water partition coefficient (Wildman–Crippen LogP) is 5.13. The van der Waals surface area contributed by atoms with Crippen LogP contribution in [0.1, 0.15) is 51.1 Å². The first-order valence-electron chi connectivity index (χ1n) is 12.7. The molecule has 2 heterocycles. The molecule has 7 nitrogen and oxygen atoms in total. The number of benzene rings is 3.